The van der Waals surface area contributed by atoms with Crippen LogP contribution in [0.2, 0.25) is 0 Å². The van der Waals surface area contributed by atoms with E-state index in [1.807, 2.05) is 38.1 Å². The number of aromatic nitrogens is 1. The van der Waals surface area contributed by atoms with Crippen LogP contribution >= 0.6 is 0 Å². The van der Waals surface area contributed by atoms with Gasteiger partial charge in [-0.15, -0.1) is 0 Å². The predicted molar refractivity (Wildman–Crippen MR) is 62.8 cm³/mol. The molecule has 0 spiro atoms. The van der Waals surface area contributed by atoms with Gasteiger partial charge in [0.15, 0.2) is 5.76 Å². The number of hydrogen-bond acceptors (Lipinski definition) is 3. The van der Waals surface area contributed by atoms with Crippen LogP contribution in [-0.4, -0.2) is 16.1 Å². The Kier molecular flexibility index (Phi) is 2.95. The molecule has 0 saturated carbocycles. The fourth-order valence-corrected chi connectivity index (χ4v) is 1.73. The van der Waals surface area contributed by atoms with E-state index in [1.165, 1.54) is 0 Å². The van der Waals surface area contributed by atoms with Gasteiger partial charge in [-0.2, -0.15) is 0 Å². The Hall–Kier alpha value is -2.10. The van der Waals surface area contributed by atoms with E-state index >= 15 is 0 Å². The van der Waals surface area contributed by atoms with Crippen LogP contribution < -0.4 is 0 Å². The summed E-state index contributed by atoms with van der Waals surface area (Å²) in [6.45, 7) is 3.80. The van der Waals surface area contributed by atoms with E-state index in [2.05, 4.69) is 4.98 Å². The number of carbonyl (C=O) groups is 1. The molecule has 0 aliphatic heterocycles. The van der Waals surface area contributed by atoms with Crippen molar-refractivity contribution in [2.24, 2.45) is 0 Å². The molecule has 1 aromatic heterocycles. The molecule has 0 unspecified atom stereocenters. The van der Waals surface area contributed by atoms with Crippen molar-refractivity contribution in [2.45, 2.75) is 20.3 Å². The van der Waals surface area contributed by atoms with Crippen LogP contribution in [0.5, 0.6) is 0 Å². The second-order valence-electron chi connectivity index (χ2n) is 3.91. The summed E-state index contributed by atoms with van der Waals surface area (Å²) in [5, 5.41) is 8.69. The van der Waals surface area contributed by atoms with E-state index in [4.69, 9.17) is 9.52 Å². The topological polar surface area (TPSA) is 63.3 Å². The highest BCUT2D eigenvalue weighted by atomic mass is 16.4. The van der Waals surface area contributed by atoms with Crippen molar-refractivity contribution in [1.29, 1.82) is 0 Å². The van der Waals surface area contributed by atoms with E-state index < -0.39 is 5.97 Å². The summed E-state index contributed by atoms with van der Waals surface area (Å²) in [7, 11) is 0. The number of hydrogen-bond donors (Lipinski definition) is 1. The zero-order valence-electron chi connectivity index (χ0n) is 9.73. The average Bonchev–Trinajstić information content (AvgIpc) is 2.59. The standard InChI is InChI=1S/C13H13NO3/c1-8-5-3-4-6-10(8)13-9(2)14-11(17-13)7-12(15)16/h3-6H,7H2,1-2H3,(H,15,16). The molecule has 0 aliphatic rings. The molecule has 0 fully saturated rings. The van der Waals surface area contributed by atoms with Gasteiger partial charge in [-0.25, -0.2) is 4.98 Å². The second kappa shape index (κ2) is 4.41. The molecule has 4 nitrogen and oxygen atoms in total. The van der Waals surface area contributed by atoms with E-state index in [1.54, 1.807) is 0 Å². The van der Waals surface area contributed by atoms with Crippen molar-refractivity contribution in [3.05, 3.63) is 41.4 Å². The number of oxazole rings is 1. The van der Waals surface area contributed by atoms with Crippen LogP contribution in [0.25, 0.3) is 11.3 Å². The first-order chi connectivity index (χ1) is 8.08. The van der Waals surface area contributed by atoms with Crippen molar-refractivity contribution in [2.75, 3.05) is 0 Å². The molecular formula is C13H13NO3. The molecule has 2 rings (SSSR count). The maximum atomic E-state index is 10.6. The molecule has 1 N–H and O–H groups in total. The van der Waals surface area contributed by atoms with Crippen LogP contribution in [-0.2, 0) is 11.2 Å². The van der Waals surface area contributed by atoms with Crippen molar-refractivity contribution >= 4 is 5.97 Å². The Balaban J connectivity index is 2.43. The van der Waals surface area contributed by atoms with Crippen LogP contribution in [0.15, 0.2) is 28.7 Å². The summed E-state index contributed by atoms with van der Waals surface area (Å²) >= 11 is 0. The van der Waals surface area contributed by atoms with Crippen LogP contribution in [0.3, 0.4) is 0 Å². The number of carboxylic acids is 1. The Morgan fingerprint density at radius 3 is 2.71 bits per heavy atom. The van der Waals surface area contributed by atoms with Gasteiger partial charge in [0.05, 0.1) is 5.69 Å². The number of rotatable bonds is 3. The number of nitrogens with zero attached hydrogens (tertiary/aromatic N) is 1. The van der Waals surface area contributed by atoms with E-state index in [-0.39, 0.29) is 12.3 Å². The zero-order valence-corrected chi connectivity index (χ0v) is 9.73. The molecule has 0 radical (unpaired) electrons. The van der Waals surface area contributed by atoms with E-state index in [0.717, 1.165) is 16.8 Å². The molecular weight excluding hydrogens is 218 g/mol. The monoisotopic (exact) mass is 231 g/mol. The molecule has 88 valence electrons. The summed E-state index contributed by atoms with van der Waals surface area (Å²) < 4.78 is 5.50. The Morgan fingerprint density at radius 2 is 2.06 bits per heavy atom. The molecule has 0 atom stereocenters. The first-order valence-electron chi connectivity index (χ1n) is 5.32. The minimum Gasteiger partial charge on any atom is -0.481 e. The molecule has 1 heterocycles. The van der Waals surface area contributed by atoms with Gasteiger partial charge in [0.2, 0.25) is 5.89 Å². The van der Waals surface area contributed by atoms with Gasteiger partial charge in [0.1, 0.15) is 6.42 Å². The summed E-state index contributed by atoms with van der Waals surface area (Å²) in [6, 6.07) is 7.78. The maximum Gasteiger partial charge on any atom is 0.312 e. The minimum absolute atomic E-state index is 0.188. The first-order valence-corrected chi connectivity index (χ1v) is 5.32. The number of aryl methyl sites for hydroxylation is 2. The van der Waals surface area contributed by atoms with Crippen molar-refractivity contribution < 1.29 is 14.3 Å². The molecule has 0 saturated heterocycles. The van der Waals surface area contributed by atoms with Gasteiger partial charge in [-0.1, -0.05) is 24.3 Å². The Morgan fingerprint density at radius 1 is 1.35 bits per heavy atom. The first kappa shape index (κ1) is 11.4. The van der Waals surface area contributed by atoms with Crippen LogP contribution in [0, 0.1) is 13.8 Å². The van der Waals surface area contributed by atoms with Gasteiger partial charge in [-0.3, -0.25) is 4.79 Å². The molecule has 0 aliphatic carbocycles. The molecule has 2 aromatic rings. The largest absolute Gasteiger partial charge is 0.481 e. The quantitative estimate of drug-likeness (QED) is 0.881. The summed E-state index contributed by atoms with van der Waals surface area (Å²) in [4.78, 5) is 14.7. The van der Waals surface area contributed by atoms with Crippen LogP contribution in [0.4, 0.5) is 0 Å². The van der Waals surface area contributed by atoms with Crippen molar-refractivity contribution in [3.63, 3.8) is 0 Å². The predicted octanol–water partition coefficient (Wildman–Crippen LogP) is 2.59. The highest BCUT2D eigenvalue weighted by Gasteiger charge is 2.14. The third-order valence-corrected chi connectivity index (χ3v) is 2.53. The van der Waals surface area contributed by atoms with E-state index in [9.17, 15) is 4.79 Å². The fourth-order valence-electron chi connectivity index (χ4n) is 1.73. The lowest BCUT2D eigenvalue weighted by Crippen LogP contribution is -1.99. The minimum atomic E-state index is -0.942. The molecule has 0 amide bonds. The third-order valence-electron chi connectivity index (χ3n) is 2.53. The molecule has 0 bridgehead atoms. The fraction of sp³-hybridized carbons (Fsp3) is 0.231. The van der Waals surface area contributed by atoms with Crippen molar-refractivity contribution in [3.8, 4) is 11.3 Å². The lowest BCUT2D eigenvalue weighted by Gasteiger charge is -2.01. The third kappa shape index (κ3) is 2.36. The molecule has 4 heteroatoms. The average molecular weight is 231 g/mol. The number of carboxylic acid groups (broad SMARTS) is 1. The number of benzene rings is 1. The lowest BCUT2D eigenvalue weighted by atomic mass is 10.1. The van der Waals surface area contributed by atoms with Gasteiger partial charge in [0, 0.05) is 5.56 Å². The number of aliphatic carboxylic acids is 1. The van der Waals surface area contributed by atoms with Gasteiger partial charge in [0.25, 0.3) is 0 Å². The van der Waals surface area contributed by atoms with Gasteiger partial charge >= 0.3 is 5.97 Å². The SMILES string of the molecule is Cc1ccccc1-c1oc(CC(=O)O)nc1C. The lowest BCUT2D eigenvalue weighted by molar-refractivity contribution is -0.136. The molecule has 1 aromatic carbocycles. The highest BCUT2D eigenvalue weighted by molar-refractivity contribution is 5.69. The summed E-state index contributed by atoms with van der Waals surface area (Å²) in [5.41, 5.74) is 2.75. The smallest absolute Gasteiger partial charge is 0.312 e. The van der Waals surface area contributed by atoms with Crippen LogP contribution in [0.1, 0.15) is 17.1 Å². The Labute approximate surface area is 98.9 Å². The normalized spacial score (nSPS) is 10.5. The highest BCUT2D eigenvalue weighted by Crippen LogP contribution is 2.27. The summed E-state index contributed by atoms with van der Waals surface area (Å²) in [6.07, 6.45) is -0.188. The molecule has 17 heavy (non-hydrogen) atoms. The summed E-state index contributed by atoms with van der Waals surface area (Å²) in [5.74, 6) is -0.0461. The second-order valence-corrected chi connectivity index (χ2v) is 3.91. The maximum absolute atomic E-state index is 10.6. The van der Waals surface area contributed by atoms with Gasteiger partial charge in [-0.05, 0) is 19.4 Å². The van der Waals surface area contributed by atoms with E-state index in [0.29, 0.717) is 5.76 Å². The van der Waals surface area contributed by atoms with Gasteiger partial charge < -0.3 is 9.52 Å². The Bertz CT molecular complexity index is 558. The van der Waals surface area contributed by atoms with Crippen molar-refractivity contribution in [1.82, 2.24) is 4.98 Å². The zero-order chi connectivity index (χ0) is 12.4.